The quantitative estimate of drug-likeness (QED) is 0.0442. The van der Waals surface area contributed by atoms with Crippen LogP contribution in [0.4, 0.5) is 4.79 Å². The Kier molecular flexibility index (Phi) is 19.6. The second-order valence-corrected chi connectivity index (χ2v) is 26.4. The van der Waals surface area contributed by atoms with Crippen molar-refractivity contribution in [2.75, 3.05) is 19.8 Å². The normalized spacial score (nSPS) is 18.4. The molecule has 1 fully saturated rings. The summed E-state index contributed by atoms with van der Waals surface area (Å²) in [5.41, 5.74) is 8.40. The van der Waals surface area contributed by atoms with Crippen LogP contribution in [0.2, 0.25) is 5.04 Å². The Hall–Kier alpha value is -7.58. The molecule has 0 unspecified atom stereocenters. The van der Waals surface area contributed by atoms with E-state index in [1.807, 2.05) is 182 Å². The molecule has 0 radical (unpaired) electrons. The number of carbonyl (C=O) groups is 2. The molecule has 0 saturated carbocycles. The summed E-state index contributed by atoms with van der Waals surface area (Å²) in [6.45, 7) is 8.05. The molecule has 1 saturated heterocycles. The zero-order valence-electron chi connectivity index (χ0n) is 47.0. The van der Waals surface area contributed by atoms with Crippen molar-refractivity contribution in [2.45, 2.75) is 101 Å². The third kappa shape index (κ3) is 14.4. The Labute approximate surface area is 484 Å². The highest BCUT2D eigenvalue weighted by molar-refractivity contribution is 6.99. The lowest BCUT2D eigenvalue weighted by Gasteiger charge is -2.46. The molecule has 6 atom stereocenters. The van der Waals surface area contributed by atoms with Gasteiger partial charge in [-0.05, 0) is 66.0 Å². The number of hydrogen-bond donors (Lipinski definition) is 1. The van der Waals surface area contributed by atoms with Crippen molar-refractivity contribution in [3.63, 3.8) is 0 Å². The molecule has 420 valence electrons. The van der Waals surface area contributed by atoms with Gasteiger partial charge in [-0.2, -0.15) is 0 Å². The molecule has 8 aromatic carbocycles. The maximum absolute atomic E-state index is 14.9. The number of alkyl carbamates (subject to hydrolysis) is 1. The molecule has 8 aromatic rings. The lowest BCUT2D eigenvalue weighted by molar-refractivity contribution is -0.272. The minimum Gasteiger partial charge on any atom is -0.449 e. The first kappa shape index (κ1) is 57.6. The monoisotopic (exact) mass is 1110 g/mol. The van der Waals surface area contributed by atoms with Gasteiger partial charge in [0.15, 0.2) is 5.78 Å². The van der Waals surface area contributed by atoms with E-state index in [1.54, 1.807) is 6.08 Å². The number of benzene rings is 8. The highest BCUT2D eigenvalue weighted by Gasteiger charge is 2.51. The zero-order valence-corrected chi connectivity index (χ0v) is 48.0. The number of rotatable bonds is 25. The highest BCUT2D eigenvalue weighted by atomic mass is 28.4. The first-order valence-electron chi connectivity index (χ1n) is 28.4. The topological polar surface area (TPSA) is 111 Å². The molecule has 82 heavy (non-hydrogen) atoms. The molecule has 11 heteroatoms. The van der Waals surface area contributed by atoms with Crippen LogP contribution < -0.4 is 15.7 Å². The van der Waals surface area contributed by atoms with Crippen molar-refractivity contribution in [3.05, 3.63) is 276 Å². The van der Waals surface area contributed by atoms with Crippen molar-refractivity contribution >= 4 is 30.6 Å². The van der Waals surface area contributed by atoms with E-state index in [0.29, 0.717) is 6.61 Å². The lowest BCUT2D eigenvalue weighted by atomic mass is 9.91. The molecule has 1 heterocycles. The van der Waals surface area contributed by atoms with Gasteiger partial charge in [0, 0.05) is 12.3 Å². The molecular weight excluding hydrogens is 1040 g/mol. The van der Waals surface area contributed by atoms with Crippen molar-refractivity contribution in [3.8, 4) is 11.1 Å². The largest absolute Gasteiger partial charge is 0.449 e. The predicted molar refractivity (Wildman–Crippen MR) is 324 cm³/mol. The van der Waals surface area contributed by atoms with Crippen LogP contribution in [0.3, 0.4) is 0 Å². The number of amides is 1. The van der Waals surface area contributed by atoms with Gasteiger partial charge in [-0.15, -0.1) is 0 Å². The van der Waals surface area contributed by atoms with Gasteiger partial charge in [0.2, 0.25) is 0 Å². The second kappa shape index (κ2) is 27.9. The second-order valence-electron chi connectivity index (χ2n) is 22.1. The van der Waals surface area contributed by atoms with Crippen LogP contribution in [0.5, 0.6) is 0 Å². The maximum Gasteiger partial charge on any atom is 0.407 e. The van der Waals surface area contributed by atoms with Crippen LogP contribution in [-0.2, 0) is 64.1 Å². The molecule has 0 bridgehead atoms. The molecule has 1 aliphatic carbocycles. The van der Waals surface area contributed by atoms with Crippen LogP contribution in [0.15, 0.2) is 243 Å². The number of allylic oxidation sites excluding steroid dienone is 1. The Bertz CT molecular complexity index is 3200. The lowest BCUT2D eigenvalue weighted by Crippen LogP contribution is -2.67. The molecule has 1 aliphatic heterocycles. The first-order valence-corrected chi connectivity index (χ1v) is 30.3. The SMILES string of the molecule is CC(C)(C)[Si](OC[C@@H](/C=C/C(=O)C[C@H]1O[C@H](COCc2ccccc2)[C@@H](OCc2ccccc2)[C@H](OCc2ccccc2)[C@H]1OCc1ccccc1)NC(=O)OCC1c2ccccc2-c2ccccc21)(c1ccccc1)c1ccccc1. The average Bonchev–Trinajstić information content (AvgIpc) is 3.18. The van der Waals surface area contributed by atoms with E-state index < -0.39 is 51.0 Å². The van der Waals surface area contributed by atoms with E-state index in [2.05, 4.69) is 74.6 Å². The Morgan fingerprint density at radius 2 is 0.927 bits per heavy atom. The maximum atomic E-state index is 14.9. The van der Waals surface area contributed by atoms with Gasteiger partial charge in [0.25, 0.3) is 8.32 Å². The molecule has 1 N–H and O–H groups in total. The van der Waals surface area contributed by atoms with Crippen LogP contribution in [0, 0.1) is 0 Å². The molecular formula is C71H73NO9Si. The van der Waals surface area contributed by atoms with Gasteiger partial charge >= 0.3 is 6.09 Å². The number of carbonyl (C=O) groups excluding carboxylic acids is 2. The zero-order chi connectivity index (χ0) is 56.6. The third-order valence-electron chi connectivity index (χ3n) is 15.4. The number of ketones is 1. The average molecular weight is 1110 g/mol. The number of fused-ring (bicyclic) bond motifs is 3. The van der Waals surface area contributed by atoms with Gasteiger partial charge in [0.1, 0.15) is 31.0 Å². The van der Waals surface area contributed by atoms with Crippen molar-refractivity contribution in [1.82, 2.24) is 5.32 Å². The predicted octanol–water partition coefficient (Wildman–Crippen LogP) is 12.7. The van der Waals surface area contributed by atoms with Gasteiger partial charge in [-0.3, -0.25) is 4.79 Å². The minimum absolute atomic E-state index is 0.0423. The van der Waals surface area contributed by atoms with E-state index in [9.17, 15) is 9.59 Å². The van der Waals surface area contributed by atoms with Crippen molar-refractivity contribution in [1.29, 1.82) is 0 Å². The highest BCUT2D eigenvalue weighted by Crippen LogP contribution is 2.45. The molecule has 2 aliphatic rings. The smallest absolute Gasteiger partial charge is 0.407 e. The van der Waals surface area contributed by atoms with Crippen LogP contribution in [0.1, 0.15) is 66.5 Å². The van der Waals surface area contributed by atoms with E-state index in [4.69, 9.17) is 32.8 Å². The standard InChI is InChI=1S/C71H73NO9Si/c1-71(2,3)82(58-34-18-8-19-35-58,59-36-20-9-21-37-59)80-49-56(72-70(74)79-50-64-62-40-24-22-38-60(62)61-39-23-25-41-63(61)64)42-43-57(73)44-65-67(76-46-53-28-12-5-13-29-53)69(78-48-55-32-16-7-17-33-55)68(77-47-54-30-14-6-15-31-54)66(81-65)51-75-45-52-26-10-4-11-27-52/h4-43,56,64-69H,44-51H2,1-3H3,(H,72,74)/b43-42+/t56-,65-,66-,67+,68-,69-/m1/s1. The fraction of sp³-hybridized carbons (Fsp3) is 0.268. The van der Waals surface area contributed by atoms with Crippen LogP contribution in [0.25, 0.3) is 11.1 Å². The van der Waals surface area contributed by atoms with Gasteiger partial charge in [-0.1, -0.05) is 257 Å². The summed E-state index contributed by atoms with van der Waals surface area (Å²) in [7, 11) is -3.12. The van der Waals surface area contributed by atoms with Gasteiger partial charge in [-0.25, -0.2) is 4.79 Å². The van der Waals surface area contributed by atoms with E-state index in [0.717, 1.165) is 54.9 Å². The Morgan fingerprint density at radius 1 is 0.512 bits per heavy atom. The van der Waals surface area contributed by atoms with E-state index in [1.165, 1.54) is 6.08 Å². The summed E-state index contributed by atoms with van der Waals surface area (Å²) >= 11 is 0. The third-order valence-corrected chi connectivity index (χ3v) is 20.4. The van der Waals surface area contributed by atoms with E-state index in [-0.39, 0.29) is 62.8 Å². The fourth-order valence-electron chi connectivity index (χ4n) is 11.5. The van der Waals surface area contributed by atoms with Crippen LogP contribution in [-0.4, -0.2) is 76.6 Å². The molecule has 10 nitrogen and oxygen atoms in total. The Balaban J connectivity index is 0.960. The number of hydrogen-bond acceptors (Lipinski definition) is 9. The van der Waals surface area contributed by atoms with Gasteiger partial charge in [0.05, 0.1) is 51.8 Å². The molecule has 1 amide bonds. The van der Waals surface area contributed by atoms with Crippen molar-refractivity contribution in [2.24, 2.45) is 0 Å². The fourth-order valence-corrected chi connectivity index (χ4v) is 16.0. The van der Waals surface area contributed by atoms with Crippen molar-refractivity contribution < 1.29 is 42.4 Å². The molecule has 10 rings (SSSR count). The van der Waals surface area contributed by atoms with Gasteiger partial charge < -0.3 is 38.2 Å². The summed E-state index contributed by atoms with van der Waals surface area (Å²) in [5, 5.41) is 4.94. The first-order chi connectivity index (χ1) is 40.1. The van der Waals surface area contributed by atoms with E-state index >= 15 is 0 Å². The van der Waals surface area contributed by atoms with Crippen LogP contribution >= 0.6 is 0 Å². The minimum atomic E-state index is -3.12. The number of ether oxygens (including phenoxy) is 6. The summed E-state index contributed by atoms with van der Waals surface area (Å²) in [6.07, 6.45) is -1.12. The summed E-state index contributed by atoms with van der Waals surface area (Å²) < 4.78 is 47.9. The number of nitrogens with one attached hydrogen (secondary N) is 1. The molecule has 0 spiro atoms. The summed E-state index contributed by atoms with van der Waals surface area (Å²) in [6, 6.07) is 76.3. The Morgan fingerprint density at radius 3 is 1.40 bits per heavy atom. The molecule has 0 aromatic heterocycles. The summed E-state index contributed by atoms with van der Waals surface area (Å²) in [5.74, 6) is -0.399. The summed E-state index contributed by atoms with van der Waals surface area (Å²) in [4.78, 5) is 29.2.